The molecule has 1 rings (SSSR count). The molecular formula is C9H8N2O2S. The molecule has 0 atom stereocenters. The van der Waals surface area contributed by atoms with Crippen molar-refractivity contribution in [3.05, 3.63) is 23.9 Å². The van der Waals surface area contributed by atoms with Crippen LogP contribution in [0.25, 0.3) is 0 Å². The van der Waals surface area contributed by atoms with E-state index in [1.165, 1.54) is 6.08 Å². The molecule has 0 saturated carbocycles. The second kappa shape index (κ2) is 5.21. The second-order valence-corrected chi connectivity index (χ2v) is 2.71. The van der Waals surface area contributed by atoms with Crippen LogP contribution in [0.5, 0.6) is 5.88 Å². The normalized spacial score (nSPS) is 8.93. The first-order chi connectivity index (χ1) is 6.77. The van der Waals surface area contributed by atoms with E-state index in [1.807, 2.05) is 6.92 Å². The molecule has 0 N–H and O–H groups in total. The van der Waals surface area contributed by atoms with Crippen LogP contribution in [-0.2, 0) is 4.79 Å². The van der Waals surface area contributed by atoms with Gasteiger partial charge in [0.15, 0.2) is 0 Å². The van der Waals surface area contributed by atoms with Crippen molar-refractivity contribution in [2.45, 2.75) is 6.92 Å². The van der Waals surface area contributed by atoms with Gasteiger partial charge in [-0.25, -0.2) is 9.78 Å². The molecule has 1 aromatic rings. The molecule has 0 spiro atoms. The van der Waals surface area contributed by atoms with E-state index in [-0.39, 0.29) is 4.99 Å². The summed E-state index contributed by atoms with van der Waals surface area (Å²) < 4.78 is 5.16. The highest BCUT2D eigenvalue weighted by molar-refractivity contribution is 7.80. The predicted octanol–water partition coefficient (Wildman–Crippen LogP) is 1.49. The zero-order valence-corrected chi connectivity index (χ0v) is 8.37. The van der Waals surface area contributed by atoms with Gasteiger partial charge in [-0.05, 0) is 13.0 Å². The van der Waals surface area contributed by atoms with Crippen LogP contribution >= 0.6 is 12.2 Å². The third-order valence-corrected chi connectivity index (χ3v) is 1.75. The van der Waals surface area contributed by atoms with Gasteiger partial charge >= 0.3 is 0 Å². The van der Waals surface area contributed by atoms with Crippen LogP contribution < -0.4 is 4.74 Å². The number of nitrogens with zero attached hydrogens (tertiary/aromatic N) is 2. The van der Waals surface area contributed by atoms with Crippen molar-refractivity contribution < 1.29 is 9.53 Å². The average molecular weight is 208 g/mol. The molecule has 1 aromatic heterocycles. The minimum Gasteiger partial charge on any atom is -0.478 e. The van der Waals surface area contributed by atoms with Crippen molar-refractivity contribution in [1.29, 1.82) is 0 Å². The molecular weight excluding hydrogens is 200 g/mol. The van der Waals surface area contributed by atoms with Gasteiger partial charge in [0.2, 0.25) is 12.0 Å². The van der Waals surface area contributed by atoms with Crippen LogP contribution in [0.1, 0.15) is 12.5 Å². The third kappa shape index (κ3) is 2.73. The van der Waals surface area contributed by atoms with Gasteiger partial charge in [0.05, 0.1) is 6.61 Å². The lowest BCUT2D eigenvalue weighted by Crippen LogP contribution is -1.98. The third-order valence-electron chi connectivity index (χ3n) is 1.42. The Hall–Kier alpha value is -1.58. The van der Waals surface area contributed by atoms with Crippen molar-refractivity contribution in [1.82, 2.24) is 4.98 Å². The minimum atomic E-state index is 0.184. The lowest BCUT2D eigenvalue weighted by Gasteiger charge is -2.02. The fourth-order valence-corrected chi connectivity index (χ4v) is 1.04. The number of hydrogen-bond acceptors (Lipinski definition) is 4. The molecule has 0 fully saturated rings. The molecule has 0 radical (unpaired) electrons. The van der Waals surface area contributed by atoms with E-state index in [0.717, 1.165) is 0 Å². The van der Waals surface area contributed by atoms with Crippen LogP contribution in [0.4, 0.5) is 0 Å². The van der Waals surface area contributed by atoms with Crippen molar-refractivity contribution in [2.75, 3.05) is 6.61 Å². The molecule has 5 heteroatoms. The SMILES string of the molecule is CCOc1cc(C(=S)N=C=O)ccn1. The molecule has 0 aliphatic carbocycles. The molecule has 0 saturated heterocycles. The lowest BCUT2D eigenvalue weighted by molar-refractivity contribution is 0.327. The van der Waals surface area contributed by atoms with Gasteiger partial charge in [0.25, 0.3) is 0 Å². The fourth-order valence-electron chi connectivity index (χ4n) is 0.875. The van der Waals surface area contributed by atoms with Crippen LogP contribution in [0, 0.1) is 0 Å². The average Bonchev–Trinajstić information content (AvgIpc) is 2.19. The predicted molar refractivity (Wildman–Crippen MR) is 55.2 cm³/mol. The smallest absolute Gasteiger partial charge is 0.241 e. The van der Waals surface area contributed by atoms with Crippen molar-refractivity contribution >= 4 is 23.3 Å². The first-order valence-corrected chi connectivity index (χ1v) is 4.39. The fraction of sp³-hybridized carbons (Fsp3) is 0.222. The minimum absolute atomic E-state index is 0.184. The largest absolute Gasteiger partial charge is 0.478 e. The van der Waals surface area contributed by atoms with Gasteiger partial charge in [-0.2, -0.15) is 4.99 Å². The Kier molecular flexibility index (Phi) is 3.91. The summed E-state index contributed by atoms with van der Waals surface area (Å²) in [5.74, 6) is 0.466. The Bertz CT molecular complexity index is 386. The molecule has 0 aliphatic heterocycles. The lowest BCUT2D eigenvalue weighted by atomic mass is 10.3. The summed E-state index contributed by atoms with van der Waals surface area (Å²) in [5.41, 5.74) is 0.627. The van der Waals surface area contributed by atoms with Gasteiger partial charge in [0, 0.05) is 17.8 Å². The molecule has 1 heterocycles. The van der Waals surface area contributed by atoms with Gasteiger partial charge in [-0.3, -0.25) is 0 Å². The van der Waals surface area contributed by atoms with Gasteiger partial charge < -0.3 is 4.74 Å². The standard InChI is InChI=1S/C9H8N2O2S/c1-2-13-8-5-7(3-4-10-8)9(14)11-6-12/h3-5H,2H2,1H3. The van der Waals surface area contributed by atoms with Crippen molar-refractivity contribution in [3.8, 4) is 5.88 Å². The molecule has 72 valence electrons. The maximum Gasteiger partial charge on any atom is 0.241 e. The van der Waals surface area contributed by atoms with Crippen molar-refractivity contribution in [2.24, 2.45) is 4.99 Å². The summed E-state index contributed by atoms with van der Waals surface area (Å²) >= 11 is 4.85. The molecule has 0 unspecified atom stereocenters. The summed E-state index contributed by atoms with van der Waals surface area (Å²) in [6.45, 7) is 2.39. The zero-order chi connectivity index (χ0) is 10.4. The van der Waals surface area contributed by atoms with Crippen molar-refractivity contribution in [3.63, 3.8) is 0 Å². The summed E-state index contributed by atoms with van der Waals surface area (Å²) in [4.78, 5) is 17.4. The Morgan fingerprint density at radius 1 is 1.79 bits per heavy atom. The number of pyridine rings is 1. The maximum absolute atomic E-state index is 9.97. The van der Waals surface area contributed by atoms with Crippen LogP contribution in [-0.4, -0.2) is 22.7 Å². The van der Waals surface area contributed by atoms with E-state index in [0.29, 0.717) is 18.1 Å². The summed E-state index contributed by atoms with van der Waals surface area (Å²) in [6.07, 6.45) is 2.94. The second-order valence-electron chi connectivity index (χ2n) is 2.32. The highest BCUT2D eigenvalue weighted by Gasteiger charge is 2.01. The Morgan fingerprint density at radius 3 is 3.21 bits per heavy atom. The number of isocyanates is 1. The Morgan fingerprint density at radius 2 is 2.57 bits per heavy atom. The summed E-state index contributed by atoms with van der Waals surface area (Å²) in [7, 11) is 0. The van der Waals surface area contributed by atoms with E-state index in [4.69, 9.17) is 17.0 Å². The Balaban J connectivity index is 2.93. The van der Waals surface area contributed by atoms with Gasteiger partial charge in [0.1, 0.15) is 4.99 Å². The summed E-state index contributed by atoms with van der Waals surface area (Å²) in [5, 5.41) is 0. The molecule has 0 amide bonds. The van der Waals surface area contributed by atoms with Gasteiger partial charge in [-0.15, -0.1) is 0 Å². The van der Waals surface area contributed by atoms with E-state index in [1.54, 1.807) is 18.3 Å². The van der Waals surface area contributed by atoms with Crippen LogP contribution in [0.15, 0.2) is 23.3 Å². The van der Waals surface area contributed by atoms with Gasteiger partial charge in [-0.1, -0.05) is 12.2 Å². The number of hydrogen-bond donors (Lipinski definition) is 0. The zero-order valence-electron chi connectivity index (χ0n) is 7.56. The molecule has 0 aromatic carbocycles. The number of rotatable bonds is 3. The van der Waals surface area contributed by atoms with Crippen LogP contribution in [0.3, 0.4) is 0 Å². The molecule has 0 bridgehead atoms. The quantitative estimate of drug-likeness (QED) is 0.429. The van der Waals surface area contributed by atoms with Crippen LogP contribution in [0.2, 0.25) is 0 Å². The summed E-state index contributed by atoms with van der Waals surface area (Å²) in [6, 6.07) is 3.29. The number of aromatic nitrogens is 1. The molecule has 4 nitrogen and oxygen atoms in total. The first-order valence-electron chi connectivity index (χ1n) is 3.99. The number of thiocarbonyl (C=S) groups is 1. The highest BCUT2D eigenvalue weighted by Crippen LogP contribution is 2.10. The van der Waals surface area contributed by atoms with E-state index in [2.05, 4.69) is 9.98 Å². The first kappa shape index (κ1) is 10.5. The topological polar surface area (TPSA) is 51.5 Å². The van der Waals surface area contributed by atoms with E-state index in [9.17, 15) is 4.79 Å². The number of aliphatic imine (C=N–C) groups is 1. The van der Waals surface area contributed by atoms with E-state index < -0.39 is 0 Å². The van der Waals surface area contributed by atoms with E-state index >= 15 is 0 Å². The number of carbonyl (C=O) groups excluding carboxylic acids is 1. The Labute approximate surface area is 86.6 Å². The highest BCUT2D eigenvalue weighted by atomic mass is 32.1. The molecule has 14 heavy (non-hydrogen) atoms. The monoisotopic (exact) mass is 208 g/mol. The maximum atomic E-state index is 9.97. The molecule has 0 aliphatic rings. The number of ether oxygens (including phenoxy) is 1.